The number of methoxy groups -OCH3 is 1. The third-order valence-electron chi connectivity index (χ3n) is 4.61. The molecular formula is C18H26N3O3+. The molecule has 0 aliphatic heterocycles. The van der Waals surface area contributed by atoms with Gasteiger partial charge in [-0.25, -0.2) is 9.64 Å². The number of aryl methyl sites for hydroxylation is 1. The number of nitrogens with one attached hydrogen (secondary N) is 1. The number of hydrogen-bond acceptors (Lipinski definition) is 3. The molecule has 6 nitrogen and oxygen atoms in total. The van der Waals surface area contributed by atoms with Gasteiger partial charge in [0.2, 0.25) is 0 Å². The summed E-state index contributed by atoms with van der Waals surface area (Å²) in [5.74, 6) is -0.717. The summed E-state index contributed by atoms with van der Waals surface area (Å²) in [6.45, 7) is 18.0. The van der Waals surface area contributed by atoms with Crippen molar-refractivity contribution in [1.29, 1.82) is 0 Å². The van der Waals surface area contributed by atoms with E-state index in [1.807, 2.05) is 0 Å². The number of likely N-dealkylation sites (N-methyl/N-ethyl adjacent to an activating group) is 1. The van der Waals surface area contributed by atoms with Crippen LogP contribution in [0.15, 0.2) is 12.1 Å². The normalized spacial score (nSPS) is 10.8. The van der Waals surface area contributed by atoms with E-state index in [1.54, 1.807) is 13.0 Å². The lowest BCUT2D eigenvalue weighted by Crippen LogP contribution is -2.52. The first kappa shape index (κ1) is 19.7. The van der Waals surface area contributed by atoms with Crippen molar-refractivity contribution in [2.75, 3.05) is 38.6 Å². The van der Waals surface area contributed by atoms with Crippen LogP contribution in [0, 0.1) is 13.5 Å². The fourth-order valence-corrected chi connectivity index (χ4v) is 2.76. The highest BCUT2D eigenvalue weighted by atomic mass is 16.5. The molecule has 1 aromatic rings. The van der Waals surface area contributed by atoms with E-state index >= 15 is 0 Å². The second-order valence-corrected chi connectivity index (χ2v) is 5.79. The summed E-state index contributed by atoms with van der Waals surface area (Å²) < 4.78 is 5.46. The Bertz CT molecular complexity index is 650. The molecule has 1 aromatic carbocycles. The largest absolute Gasteiger partial charge is 0.465 e. The van der Waals surface area contributed by atoms with E-state index in [9.17, 15) is 9.59 Å². The lowest BCUT2D eigenvalue weighted by atomic mass is 10.1. The summed E-state index contributed by atoms with van der Waals surface area (Å²) in [7, 11) is 1.28. The standard InChI is InChI=1S/C18H25N3O3/c1-7-21(8-2,9-3)12-16(22)20-17-13(4)10-14(19-5)11-15(17)18(23)24-6/h10-11H,7-9,12H2,1-4,6H3/p+1. The topological polar surface area (TPSA) is 59.8 Å². The second kappa shape index (κ2) is 8.46. The zero-order chi connectivity index (χ0) is 18.3. The van der Waals surface area contributed by atoms with Crippen LogP contribution in [0.25, 0.3) is 4.85 Å². The maximum atomic E-state index is 12.5. The molecule has 0 atom stereocenters. The molecule has 1 rings (SSSR count). The van der Waals surface area contributed by atoms with Gasteiger partial charge in [0, 0.05) is 0 Å². The highest BCUT2D eigenvalue weighted by Crippen LogP contribution is 2.28. The number of rotatable bonds is 7. The first-order valence-corrected chi connectivity index (χ1v) is 8.11. The van der Waals surface area contributed by atoms with Gasteiger partial charge in [0.05, 0.1) is 44.6 Å². The summed E-state index contributed by atoms with van der Waals surface area (Å²) in [5, 5.41) is 2.85. The first-order valence-electron chi connectivity index (χ1n) is 8.11. The van der Waals surface area contributed by atoms with Crippen LogP contribution in [0.5, 0.6) is 0 Å². The fraction of sp³-hybridized carbons (Fsp3) is 0.500. The number of hydrogen-bond donors (Lipinski definition) is 1. The fourth-order valence-electron chi connectivity index (χ4n) is 2.76. The number of esters is 1. The molecule has 1 N–H and O–H groups in total. The van der Waals surface area contributed by atoms with Gasteiger partial charge in [-0.3, -0.25) is 4.79 Å². The zero-order valence-electron chi connectivity index (χ0n) is 15.1. The zero-order valence-corrected chi connectivity index (χ0v) is 15.1. The van der Waals surface area contributed by atoms with E-state index in [1.165, 1.54) is 13.2 Å². The van der Waals surface area contributed by atoms with Crippen molar-refractivity contribution in [3.63, 3.8) is 0 Å². The number of quaternary nitrogens is 1. The minimum Gasteiger partial charge on any atom is -0.465 e. The Labute approximate surface area is 143 Å². The summed E-state index contributed by atoms with van der Waals surface area (Å²) in [5.41, 5.74) is 1.63. The summed E-state index contributed by atoms with van der Waals surface area (Å²) >= 11 is 0. The smallest absolute Gasteiger partial charge is 0.338 e. The SMILES string of the molecule is [C-]#[N+]c1cc(C)c(NC(=O)C[N+](CC)(CC)CC)c(C(=O)OC)c1. The third kappa shape index (κ3) is 4.33. The minimum atomic E-state index is -0.568. The maximum absolute atomic E-state index is 12.5. The molecule has 1 amide bonds. The van der Waals surface area contributed by atoms with Gasteiger partial charge in [-0.05, 0) is 39.3 Å². The Hall–Kier alpha value is -2.39. The molecule has 0 saturated heterocycles. The van der Waals surface area contributed by atoms with Crippen LogP contribution in [0.2, 0.25) is 0 Å². The van der Waals surface area contributed by atoms with Crippen molar-refractivity contribution < 1.29 is 18.8 Å². The number of carbonyl (C=O) groups is 2. The van der Waals surface area contributed by atoms with E-state index in [0.29, 0.717) is 28.0 Å². The van der Waals surface area contributed by atoms with Crippen molar-refractivity contribution in [3.05, 3.63) is 34.7 Å². The predicted molar refractivity (Wildman–Crippen MR) is 94.2 cm³/mol. The first-order chi connectivity index (χ1) is 11.4. The molecule has 130 valence electrons. The molecule has 0 aliphatic carbocycles. The van der Waals surface area contributed by atoms with Crippen molar-refractivity contribution in [2.24, 2.45) is 0 Å². The molecule has 0 aromatic heterocycles. The minimum absolute atomic E-state index is 0.149. The van der Waals surface area contributed by atoms with E-state index in [0.717, 1.165) is 19.6 Å². The average molecular weight is 332 g/mol. The number of carbonyl (C=O) groups excluding carboxylic acids is 2. The van der Waals surface area contributed by atoms with E-state index in [-0.39, 0.29) is 11.5 Å². The lowest BCUT2D eigenvalue weighted by molar-refractivity contribution is -0.915. The van der Waals surface area contributed by atoms with E-state index in [2.05, 4.69) is 30.9 Å². The van der Waals surface area contributed by atoms with Crippen LogP contribution in [0.3, 0.4) is 0 Å². The van der Waals surface area contributed by atoms with Crippen LogP contribution in [-0.4, -0.2) is 49.6 Å². The molecule has 0 heterocycles. The molecule has 0 spiro atoms. The maximum Gasteiger partial charge on any atom is 0.338 e. The Kier molecular flexibility index (Phi) is 6.93. The number of nitrogens with zero attached hydrogens (tertiary/aromatic N) is 2. The Morgan fingerprint density at radius 3 is 2.25 bits per heavy atom. The second-order valence-electron chi connectivity index (χ2n) is 5.79. The van der Waals surface area contributed by atoms with Crippen molar-refractivity contribution in [1.82, 2.24) is 0 Å². The van der Waals surface area contributed by atoms with Crippen molar-refractivity contribution >= 4 is 23.3 Å². The highest BCUT2D eigenvalue weighted by Gasteiger charge is 2.26. The molecule has 0 aliphatic rings. The quantitative estimate of drug-likeness (QED) is 0.474. The Morgan fingerprint density at radius 1 is 1.21 bits per heavy atom. The van der Waals surface area contributed by atoms with E-state index in [4.69, 9.17) is 11.3 Å². The third-order valence-corrected chi connectivity index (χ3v) is 4.61. The Morgan fingerprint density at radius 2 is 1.79 bits per heavy atom. The summed E-state index contributed by atoms with van der Waals surface area (Å²) in [6.07, 6.45) is 0. The Balaban J connectivity index is 3.16. The number of amides is 1. The van der Waals surface area contributed by atoms with Gasteiger partial charge in [-0.1, -0.05) is 6.07 Å². The molecule has 0 unspecified atom stereocenters. The van der Waals surface area contributed by atoms with Crippen molar-refractivity contribution in [3.8, 4) is 0 Å². The monoisotopic (exact) mass is 332 g/mol. The average Bonchev–Trinajstić information content (AvgIpc) is 2.60. The van der Waals surface area contributed by atoms with Gasteiger partial charge >= 0.3 is 5.97 Å². The van der Waals surface area contributed by atoms with Crippen LogP contribution >= 0.6 is 0 Å². The molecule has 0 radical (unpaired) electrons. The van der Waals surface area contributed by atoms with Gasteiger partial charge in [-0.15, -0.1) is 0 Å². The summed E-state index contributed by atoms with van der Waals surface area (Å²) in [6, 6.07) is 3.10. The molecular weight excluding hydrogens is 306 g/mol. The van der Waals surface area contributed by atoms with Crippen LogP contribution in [-0.2, 0) is 9.53 Å². The van der Waals surface area contributed by atoms with E-state index < -0.39 is 5.97 Å². The van der Waals surface area contributed by atoms with Crippen LogP contribution in [0.1, 0.15) is 36.7 Å². The molecule has 6 heteroatoms. The van der Waals surface area contributed by atoms with Crippen LogP contribution < -0.4 is 5.32 Å². The summed E-state index contributed by atoms with van der Waals surface area (Å²) in [4.78, 5) is 27.9. The van der Waals surface area contributed by atoms with Gasteiger partial charge in [0.1, 0.15) is 0 Å². The number of benzene rings is 1. The van der Waals surface area contributed by atoms with Gasteiger partial charge in [0.25, 0.3) is 5.91 Å². The lowest BCUT2D eigenvalue weighted by Gasteiger charge is -2.35. The van der Waals surface area contributed by atoms with Gasteiger partial charge in [-0.2, -0.15) is 0 Å². The van der Waals surface area contributed by atoms with Crippen molar-refractivity contribution in [2.45, 2.75) is 27.7 Å². The molecule has 0 bridgehead atoms. The van der Waals surface area contributed by atoms with Gasteiger partial charge in [0.15, 0.2) is 12.2 Å². The highest BCUT2D eigenvalue weighted by molar-refractivity contribution is 6.03. The molecule has 0 fully saturated rings. The van der Waals surface area contributed by atoms with Crippen LogP contribution in [0.4, 0.5) is 11.4 Å². The predicted octanol–water partition coefficient (Wildman–Crippen LogP) is 3.15. The van der Waals surface area contributed by atoms with Gasteiger partial charge < -0.3 is 14.5 Å². The number of ether oxygens (including phenoxy) is 1. The molecule has 0 saturated carbocycles. The number of anilines is 1. The molecule has 24 heavy (non-hydrogen) atoms.